The molecule has 4 heteroatoms. The SMILES string of the molecule is OC(Cc1ccnc2ccccc12)c1cc(Cl)ccc1I. The first-order chi connectivity index (χ1) is 10.1. The van der Waals surface area contributed by atoms with Crippen LogP contribution in [0.5, 0.6) is 0 Å². The number of aromatic nitrogens is 1. The molecule has 0 bridgehead atoms. The van der Waals surface area contributed by atoms with E-state index in [0.29, 0.717) is 11.4 Å². The molecule has 3 aromatic rings. The lowest BCUT2D eigenvalue weighted by molar-refractivity contribution is 0.178. The molecule has 0 radical (unpaired) electrons. The lowest BCUT2D eigenvalue weighted by Gasteiger charge is -2.14. The van der Waals surface area contributed by atoms with Crippen molar-refractivity contribution in [1.82, 2.24) is 4.98 Å². The molecule has 0 aliphatic rings. The first kappa shape index (κ1) is 14.8. The summed E-state index contributed by atoms with van der Waals surface area (Å²) in [7, 11) is 0. The van der Waals surface area contributed by atoms with Crippen LogP contribution in [-0.2, 0) is 6.42 Å². The highest BCUT2D eigenvalue weighted by Crippen LogP contribution is 2.28. The zero-order valence-corrected chi connectivity index (χ0v) is 14.0. The van der Waals surface area contributed by atoms with Gasteiger partial charge in [0.2, 0.25) is 0 Å². The number of hydrogen-bond donors (Lipinski definition) is 1. The fraction of sp³-hybridized carbons (Fsp3) is 0.118. The Balaban J connectivity index is 1.96. The molecule has 0 amide bonds. The minimum absolute atomic E-state index is 0.541. The van der Waals surface area contributed by atoms with E-state index in [0.717, 1.165) is 25.6 Å². The van der Waals surface area contributed by atoms with E-state index in [4.69, 9.17) is 11.6 Å². The summed E-state index contributed by atoms with van der Waals surface area (Å²) in [6.07, 6.45) is 1.74. The largest absolute Gasteiger partial charge is 0.388 e. The molecular formula is C17H13ClINO. The second kappa shape index (κ2) is 6.30. The second-order valence-electron chi connectivity index (χ2n) is 4.87. The number of fused-ring (bicyclic) bond motifs is 1. The summed E-state index contributed by atoms with van der Waals surface area (Å²) in [6, 6.07) is 15.5. The Bertz CT molecular complexity index is 785. The second-order valence-corrected chi connectivity index (χ2v) is 6.47. The van der Waals surface area contributed by atoms with Crippen LogP contribution >= 0.6 is 34.2 Å². The van der Waals surface area contributed by atoms with Crippen LogP contribution in [0.1, 0.15) is 17.2 Å². The Morgan fingerprint density at radius 1 is 1.14 bits per heavy atom. The summed E-state index contributed by atoms with van der Waals surface area (Å²) in [4.78, 5) is 4.35. The van der Waals surface area contributed by atoms with Gasteiger partial charge in [-0.25, -0.2) is 0 Å². The van der Waals surface area contributed by atoms with Gasteiger partial charge in [-0.2, -0.15) is 0 Å². The molecule has 106 valence electrons. The van der Waals surface area contributed by atoms with E-state index in [-0.39, 0.29) is 0 Å². The van der Waals surface area contributed by atoms with Gasteiger partial charge in [0, 0.05) is 26.6 Å². The number of aliphatic hydroxyl groups is 1. The minimum atomic E-state index is -0.582. The highest BCUT2D eigenvalue weighted by Gasteiger charge is 2.14. The molecule has 1 heterocycles. The lowest BCUT2D eigenvalue weighted by Crippen LogP contribution is -2.04. The Labute approximate surface area is 141 Å². The molecule has 0 saturated heterocycles. The highest BCUT2D eigenvalue weighted by molar-refractivity contribution is 14.1. The predicted molar refractivity (Wildman–Crippen MR) is 94.6 cm³/mol. The van der Waals surface area contributed by atoms with Crippen LogP contribution in [0.25, 0.3) is 10.9 Å². The third-order valence-corrected chi connectivity index (χ3v) is 4.69. The molecule has 0 aliphatic heterocycles. The van der Waals surface area contributed by atoms with Crippen LogP contribution in [0.15, 0.2) is 54.7 Å². The number of hydrogen-bond acceptors (Lipinski definition) is 2. The number of benzene rings is 2. The normalized spacial score (nSPS) is 12.5. The molecule has 1 atom stereocenters. The van der Waals surface area contributed by atoms with E-state index >= 15 is 0 Å². The Morgan fingerprint density at radius 3 is 2.81 bits per heavy atom. The van der Waals surface area contributed by atoms with Crippen molar-refractivity contribution in [2.24, 2.45) is 0 Å². The average Bonchev–Trinajstić information content (AvgIpc) is 2.50. The maximum atomic E-state index is 10.6. The number of aliphatic hydroxyl groups excluding tert-OH is 1. The number of rotatable bonds is 3. The maximum Gasteiger partial charge on any atom is 0.0841 e. The van der Waals surface area contributed by atoms with E-state index in [1.807, 2.05) is 48.5 Å². The summed E-state index contributed by atoms with van der Waals surface area (Å²) in [6.45, 7) is 0. The standard InChI is InChI=1S/C17H13ClINO/c18-12-5-6-15(19)14(10-12)17(21)9-11-7-8-20-16-4-2-1-3-13(11)16/h1-8,10,17,21H,9H2. The van der Waals surface area contributed by atoms with E-state index in [9.17, 15) is 5.11 Å². The quantitative estimate of drug-likeness (QED) is 0.632. The number of nitrogens with zero attached hydrogens (tertiary/aromatic N) is 1. The van der Waals surface area contributed by atoms with E-state index in [1.165, 1.54) is 0 Å². The van der Waals surface area contributed by atoms with E-state index in [2.05, 4.69) is 27.6 Å². The average molecular weight is 410 g/mol. The third kappa shape index (κ3) is 3.20. The first-order valence-corrected chi connectivity index (χ1v) is 8.06. The van der Waals surface area contributed by atoms with Crippen LogP contribution in [0.4, 0.5) is 0 Å². The molecule has 3 rings (SSSR count). The fourth-order valence-corrected chi connectivity index (χ4v) is 3.30. The van der Waals surface area contributed by atoms with Gasteiger partial charge in [0.25, 0.3) is 0 Å². The topological polar surface area (TPSA) is 33.1 Å². The monoisotopic (exact) mass is 409 g/mol. The van der Waals surface area contributed by atoms with Crippen LogP contribution in [0, 0.1) is 3.57 Å². The van der Waals surface area contributed by atoms with Gasteiger partial charge in [-0.1, -0.05) is 29.8 Å². The molecule has 2 nitrogen and oxygen atoms in total. The zero-order chi connectivity index (χ0) is 14.8. The number of pyridine rings is 1. The van der Waals surface area contributed by atoms with Gasteiger partial charge < -0.3 is 5.11 Å². The summed E-state index contributed by atoms with van der Waals surface area (Å²) in [5.74, 6) is 0. The van der Waals surface area contributed by atoms with Crippen molar-refractivity contribution in [3.05, 3.63) is 74.4 Å². The molecule has 1 N–H and O–H groups in total. The van der Waals surface area contributed by atoms with Crippen LogP contribution in [0.3, 0.4) is 0 Å². The van der Waals surface area contributed by atoms with E-state index in [1.54, 1.807) is 6.20 Å². The predicted octanol–water partition coefficient (Wildman–Crippen LogP) is 4.77. The first-order valence-electron chi connectivity index (χ1n) is 6.61. The van der Waals surface area contributed by atoms with Crippen molar-refractivity contribution in [2.75, 3.05) is 0 Å². The molecule has 0 saturated carbocycles. The summed E-state index contributed by atoms with van der Waals surface area (Å²) >= 11 is 8.26. The third-order valence-electron chi connectivity index (χ3n) is 3.47. The van der Waals surface area contributed by atoms with Crippen molar-refractivity contribution in [3.63, 3.8) is 0 Å². The molecule has 1 aromatic heterocycles. The van der Waals surface area contributed by atoms with Crippen molar-refractivity contribution in [3.8, 4) is 0 Å². The van der Waals surface area contributed by atoms with Gasteiger partial charge in [0.05, 0.1) is 11.6 Å². The van der Waals surface area contributed by atoms with Crippen LogP contribution < -0.4 is 0 Å². The van der Waals surface area contributed by atoms with Gasteiger partial charge in [-0.15, -0.1) is 0 Å². The van der Waals surface area contributed by atoms with Gasteiger partial charge >= 0.3 is 0 Å². The van der Waals surface area contributed by atoms with Gasteiger partial charge in [-0.3, -0.25) is 4.98 Å². The van der Waals surface area contributed by atoms with Crippen LogP contribution in [0.2, 0.25) is 5.02 Å². The zero-order valence-electron chi connectivity index (χ0n) is 11.1. The van der Waals surface area contributed by atoms with Gasteiger partial charge in [0.15, 0.2) is 0 Å². The summed E-state index contributed by atoms with van der Waals surface area (Å²) in [5, 5.41) is 12.3. The van der Waals surface area contributed by atoms with Gasteiger partial charge in [-0.05, 0) is 64.0 Å². The Hall–Kier alpha value is -1.17. The molecule has 0 spiro atoms. The van der Waals surface area contributed by atoms with Crippen molar-refractivity contribution in [1.29, 1.82) is 0 Å². The number of para-hydroxylation sites is 1. The van der Waals surface area contributed by atoms with E-state index < -0.39 is 6.10 Å². The van der Waals surface area contributed by atoms with Gasteiger partial charge in [0.1, 0.15) is 0 Å². The Kier molecular flexibility index (Phi) is 4.42. The smallest absolute Gasteiger partial charge is 0.0841 e. The fourth-order valence-electron chi connectivity index (χ4n) is 2.42. The van der Waals surface area contributed by atoms with Crippen molar-refractivity contribution < 1.29 is 5.11 Å². The molecule has 1 unspecified atom stereocenters. The summed E-state index contributed by atoms with van der Waals surface area (Å²) in [5.41, 5.74) is 2.90. The maximum absolute atomic E-state index is 10.6. The summed E-state index contributed by atoms with van der Waals surface area (Å²) < 4.78 is 1.02. The minimum Gasteiger partial charge on any atom is -0.388 e. The molecule has 0 aliphatic carbocycles. The molecule has 0 fully saturated rings. The van der Waals surface area contributed by atoms with Crippen molar-refractivity contribution >= 4 is 45.1 Å². The molecular weight excluding hydrogens is 397 g/mol. The lowest BCUT2D eigenvalue weighted by atomic mass is 9.99. The Morgan fingerprint density at radius 2 is 1.95 bits per heavy atom. The molecule has 2 aromatic carbocycles. The number of halogens is 2. The highest BCUT2D eigenvalue weighted by atomic mass is 127. The van der Waals surface area contributed by atoms with Crippen LogP contribution in [-0.4, -0.2) is 10.1 Å². The van der Waals surface area contributed by atoms with Crippen molar-refractivity contribution in [2.45, 2.75) is 12.5 Å². The molecule has 21 heavy (non-hydrogen) atoms.